The van der Waals surface area contributed by atoms with Crippen molar-refractivity contribution < 1.29 is 14.6 Å². The van der Waals surface area contributed by atoms with Gasteiger partial charge in [0, 0.05) is 32.7 Å². The van der Waals surface area contributed by atoms with Crippen molar-refractivity contribution in [1.82, 2.24) is 10.2 Å². The third-order valence-electron chi connectivity index (χ3n) is 3.89. The molecule has 2 fully saturated rings. The van der Waals surface area contributed by atoms with Gasteiger partial charge in [0.25, 0.3) is 0 Å². The summed E-state index contributed by atoms with van der Waals surface area (Å²) in [5.41, 5.74) is -0.705. The van der Waals surface area contributed by atoms with Crippen molar-refractivity contribution in [2.45, 2.75) is 37.8 Å². The number of ether oxygens (including phenoxy) is 1. The zero-order chi connectivity index (χ0) is 12.3. The number of aliphatic carboxylic acids is 1. The number of carbonyl (C=O) groups is 1. The van der Waals surface area contributed by atoms with Crippen LogP contribution in [0, 0.1) is 0 Å². The highest BCUT2D eigenvalue weighted by Crippen LogP contribution is 2.31. The molecule has 2 saturated heterocycles. The Labute approximate surface area is 102 Å². The Kier molecular flexibility index (Phi) is 4.01. The lowest BCUT2D eigenvalue weighted by Crippen LogP contribution is -2.59. The molecular formula is C12H22N2O3. The van der Waals surface area contributed by atoms with Crippen LogP contribution in [0.1, 0.15) is 26.2 Å². The predicted octanol–water partition coefficient (Wildman–Crippen LogP) is 0.304. The summed E-state index contributed by atoms with van der Waals surface area (Å²) >= 11 is 0. The van der Waals surface area contributed by atoms with Gasteiger partial charge in [-0.2, -0.15) is 0 Å². The van der Waals surface area contributed by atoms with Gasteiger partial charge in [-0.25, -0.2) is 0 Å². The monoisotopic (exact) mass is 242 g/mol. The fraction of sp³-hybridized carbons (Fsp3) is 0.917. The van der Waals surface area contributed by atoms with Crippen LogP contribution < -0.4 is 5.32 Å². The van der Waals surface area contributed by atoms with E-state index in [0.29, 0.717) is 19.4 Å². The molecule has 2 N–H and O–H groups in total. The van der Waals surface area contributed by atoms with Gasteiger partial charge in [0.15, 0.2) is 0 Å². The minimum absolute atomic E-state index is 0.0380. The summed E-state index contributed by atoms with van der Waals surface area (Å²) in [7, 11) is 0. The van der Waals surface area contributed by atoms with Crippen molar-refractivity contribution in [1.29, 1.82) is 0 Å². The van der Waals surface area contributed by atoms with Crippen molar-refractivity contribution in [2.24, 2.45) is 0 Å². The summed E-state index contributed by atoms with van der Waals surface area (Å²) in [5, 5.41) is 13.0. The molecule has 2 heterocycles. The van der Waals surface area contributed by atoms with E-state index in [2.05, 4.69) is 10.2 Å². The van der Waals surface area contributed by atoms with Crippen LogP contribution in [0.15, 0.2) is 0 Å². The lowest BCUT2D eigenvalue weighted by atomic mass is 9.85. The second-order valence-electron chi connectivity index (χ2n) is 5.06. The zero-order valence-electron chi connectivity index (χ0n) is 10.4. The third kappa shape index (κ3) is 2.61. The molecule has 0 aromatic heterocycles. The van der Waals surface area contributed by atoms with E-state index in [9.17, 15) is 9.90 Å². The van der Waals surface area contributed by atoms with Crippen LogP contribution in [0.4, 0.5) is 0 Å². The molecular weight excluding hydrogens is 220 g/mol. The molecule has 2 atom stereocenters. The van der Waals surface area contributed by atoms with Gasteiger partial charge in [0.1, 0.15) is 5.54 Å². The molecule has 5 heteroatoms. The fourth-order valence-electron chi connectivity index (χ4n) is 2.96. The summed E-state index contributed by atoms with van der Waals surface area (Å²) in [6.45, 7) is 6.07. The molecule has 0 spiro atoms. The first kappa shape index (κ1) is 12.8. The van der Waals surface area contributed by atoms with Gasteiger partial charge in [-0.15, -0.1) is 0 Å². The summed E-state index contributed by atoms with van der Waals surface area (Å²) in [5.74, 6) is -0.686. The summed E-state index contributed by atoms with van der Waals surface area (Å²) in [6, 6.07) is 0. The van der Waals surface area contributed by atoms with E-state index in [1.165, 1.54) is 0 Å². The van der Waals surface area contributed by atoms with Gasteiger partial charge in [0.2, 0.25) is 0 Å². The maximum absolute atomic E-state index is 11.7. The molecule has 0 aromatic rings. The van der Waals surface area contributed by atoms with Crippen LogP contribution in [0.25, 0.3) is 0 Å². The molecule has 0 saturated carbocycles. The Morgan fingerprint density at radius 2 is 2.29 bits per heavy atom. The average molecular weight is 242 g/mol. The van der Waals surface area contributed by atoms with Crippen LogP contribution in [0.3, 0.4) is 0 Å². The standard InChI is InChI=1S/C12H22N2O3/c1-10-9-12(11(15)16,3-8-17-10)14-6-2-4-13-5-7-14/h10,13H,2-9H2,1H3,(H,15,16). The Morgan fingerprint density at radius 1 is 1.47 bits per heavy atom. The maximum atomic E-state index is 11.7. The van der Waals surface area contributed by atoms with Crippen molar-refractivity contribution >= 4 is 5.97 Å². The quantitative estimate of drug-likeness (QED) is 0.729. The molecule has 2 aliphatic heterocycles. The van der Waals surface area contributed by atoms with Gasteiger partial charge < -0.3 is 15.2 Å². The minimum Gasteiger partial charge on any atom is -0.480 e. The molecule has 98 valence electrons. The number of carboxylic acid groups (broad SMARTS) is 1. The number of carboxylic acids is 1. The number of nitrogens with zero attached hydrogens (tertiary/aromatic N) is 1. The van der Waals surface area contributed by atoms with Gasteiger partial charge in [-0.1, -0.05) is 0 Å². The van der Waals surface area contributed by atoms with Gasteiger partial charge >= 0.3 is 5.97 Å². The smallest absolute Gasteiger partial charge is 0.324 e. The predicted molar refractivity (Wildman–Crippen MR) is 64.1 cm³/mol. The fourth-order valence-corrected chi connectivity index (χ4v) is 2.96. The highest BCUT2D eigenvalue weighted by Gasteiger charge is 2.47. The van der Waals surface area contributed by atoms with Crippen LogP contribution in [0.2, 0.25) is 0 Å². The molecule has 0 amide bonds. The molecule has 2 aliphatic rings. The summed E-state index contributed by atoms with van der Waals surface area (Å²) in [6.07, 6.45) is 2.26. The van der Waals surface area contributed by atoms with E-state index in [0.717, 1.165) is 32.6 Å². The highest BCUT2D eigenvalue weighted by molar-refractivity contribution is 5.79. The Hall–Kier alpha value is -0.650. The van der Waals surface area contributed by atoms with Crippen LogP contribution in [-0.4, -0.2) is 60.4 Å². The zero-order valence-corrected chi connectivity index (χ0v) is 10.4. The van der Waals surface area contributed by atoms with Gasteiger partial charge in [-0.05, 0) is 26.3 Å². The van der Waals surface area contributed by atoms with Crippen LogP contribution in [0.5, 0.6) is 0 Å². The molecule has 2 unspecified atom stereocenters. The maximum Gasteiger partial charge on any atom is 0.324 e. The van der Waals surface area contributed by atoms with E-state index in [4.69, 9.17) is 4.74 Å². The highest BCUT2D eigenvalue weighted by atomic mass is 16.5. The van der Waals surface area contributed by atoms with E-state index < -0.39 is 11.5 Å². The lowest BCUT2D eigenvalue weighted by Gasteiger charge is -2.44. The molecule has 0 aromatic carbocycles. The normalized spacial score (nSPS) is 36.4. The molecule has 2 rings (SSSR count). The second kappa shape index (κ2) is 5.33. The molecule has 0 aliphatic carbocycles. The number of nitrogens with one attached hydrogen (secondary N) is 1. The number of hydrogen-bond acceptors (Lipinski definition) is 4. The number of rotatable bonds is 2. The van der Waals surface area contributed by atoms with Gasteiger partial charge in [-0.3, -0.25) is 9.69 Å². The van der Waals surface area contributed by atoms with Crippen molar-refractivity contribution in [2.75, 3.05) is 32.8 Å². The largest absolute Gasteiger partial charge is 0.480 e. The molecule has 0 bridgehead atoms. The van der Waals surface area contributed by atoms with E-state index in [-0.39, 0.29) is 6.10 Å². The third-order valence-corrected chi connectivity index (χ3v) is 3.89. The van der Waals surface area contributed by atoms with Crippen molar-refractivity contribution in [3.63, 3.8) is 0 Å². The lowest BCUT2D eigenvalue weighted by molar-refractivity contribution is -0.162. The topological polar surface area (TPSA) is 61.8 Å². The first-order chi connectivity index (χ1) is 8.15. The first-order valence-corrected chi connectivity index (χ1v) is 6.46. The summed E-state index contributed by atoms with van der Waals surface area (Å²) in [4.78, 5) is 13.9. The molecule has 0 radical (unpaired) electrons. The SMILES string of the molecule is CC1CC(C(=O)O)(N2CCCNCC2)CCO1. The van der Waals surface area contributed by atoms with Crippen molar-refractivity contribution in [3.05, 3.63) is 0 Å². The van der Waals surface area contributed by atoms with Gasteiger partial charge in [0.05, 0.1) is 6.10 Å². The Balaban J connectivity index is 2.16. The first-order valence-electron chi connectivity index (χ1n) is 6.46. The molecule has 5 nitrogen and oxygen atoms in total. The van der Waals surface area contributed by atoms with Crippen LogP contribution in [-0.2, 0) is 9.53 Å². The Bertz CT molecular complexity index is 277. The van der Waals surface area contributed by atoms with E-state index >= 15 is 0 Å². The average Bonchev–Trinajstić information content (AvgIpc) is 2.57. The summed E-state index contributed by atoms with van der Waals surface area (Å²) < 4.78 is 5.50. The van der Waals surface area contributed by atoms with Crippen molar-refractivity contribution in [3.8, 4) is 0 Å². The van der Waals surface area contributed by atoms with E-state index in [1.54, 1.807) is 0 Å². The van der Waals surface area contributed by atoms with E-state index in [1.807, 2.05) is 6.92 Å². The number of hydrogen-bond donors (Lipinski definition) is 2. The van der Waals surface area contributed by atoms with Crippen LogP contribution >= 0.6 is 0 Å². The minimum atomic E-state index is -0.705. The second-order valence-corrected chi connectivity index (χ2v) is 5.06. The molecule has 17 heavy (non-hydrogen) atoms. The Morgan fingerprint density at radius 3 is 3.00 bits per heavy atom.